The van der Waals surface area contributed by atoms with Crippen molar-refractivity contribution in [2.45, 2.75) is 44.9 Å². The molecule has 1 heteroatoms. The Morgan fingerprint density at radius 1 is 0.682 bits per heavy atom. The predicted molar refractivity (Wildman–Crippen MR) is 92.7 cm³/mol. The molecule has 1 heterocycles. The fraction of sp³-hybridized carbons (Fsp3) is 0.429. The Hall–Kier alpha value is -1.60. The number of hydrogen-bond donors (Lipinski definition) is 0. The maximum atomic E-state index is 5.60. The normalized spacial score (nSPS) is 16.8. The van der Waals surface area contributed by atoms with E-state index in [1.807, 2.05) is 0 Å². The summed E-state index contributed by atoms with van der Waals surface area (Å²) >= 11 is 0. The van der Waals surface area contributed by atoms with E-state index in [4.69, 9.17) is 4.74 Å². The van der Waals surface area contributed by atoms with Crippen LogP contribution in [0.5, 0.6) is 0 Å². The van der Waals surface area contributed by atoms with Gasteiger partial charge < -0.3 is 4.74 Å². The lowest BCUT2D eigenvalue weighted by Gasteiger charge is -2.42. The first kappa shape index (κ1) is 15.3. The Morgan fingerprint density at radius 2 is 1.05 bits per heavy atom. The van der Waals surface area contributed by atoms with E-state index < -0.39 is 0 Å². The lowest BCUT2D eigenvalue weighted by molar-refractivity contribution is -0.0380. The van der Waals surface area contributed by atoms with Gasteiger partial charge in [-0.05, 0) is 34.1 Å². The van der Waals surface area contributed by atoms with Crippen LogP contribution >= 0.6 is 0 Å². The number of rotatable bonds is 4. The Balaban J connectivity index is 1.94. The molecule has 0 unspecified atom stereocenters. The molecule has 116 valence electrons. The lowest BCUT2D eigenvalue weighted by atomic mass is 9.72. The van der Waals surface area contributed by atoms with Crippen molar-refractivity contribution in [3.05, 3.63) is 70.8 Å². The van der Waals surface area contributed by atoms with Gasteiger partial charge in [0, 0.05) is 0 Å². The Kier molecular flexibility index (Phi) is 4.10. The molecule has 1 saturated heterocycles. The Morgan fingerprint density at radius 3 is 1.27 bits per heavy atom. The van der Waals surface area contributed by atoms with Crippen molar-refractivity contribution in [1.82, 2.24) is 0 Å². The average Bonchev–Trinajstić information content (AvgIpc) is 2.47. The van der Waals surface area contributed by atoms with Crippen LogP contribution in [0.3, 0.4) is 0 Å². The summed E-state index contributed by atoms with van der Waals surface area (Å²) in [6.45, 7) is 10.5. The van der Waals surface area contributed by atoms with Gasteiger partial charge in [-0.1, -0.05) is 76.2 Å². The van der Waals surface area contributed by atoms with Crippen molar-refractivity contribution in [3.63, 3.8) is 0 Å². The van der Waals surface area contributed by atoms with E-state index in [9.17, 15) is 0 Å². The summed E-state index contributed by atoms with van der Waals surface area (Å²) in [4.78, 5) is 0. The zero-order valence-electron chi connectivity index (χ0n) is 14.1. The van der Waals surface area contributed by atoms with Gasteiger partial charge in [0.05, 0.1) is 18.6 Å². The van der Waals surface area contributed by atoms with Crippen molar-refractivity contribution in [2.75, 3.05) is 13.2 Å². The quantitative estimate of drug-likeness (QED) is 0.748. The van der Waals surface area contributed by atoms with Gasteiger partial charge in [0.15, 0.2) is 0 Å². The minimum absolute atomic E-state index is 0.0466. The minimum Gasteiger partial charge on any atom is -0.379 e. The van der Waals surface area contributed by atoms with Crippen molar-refractivity contribution < 1.29 is 4.74 Å². The van der Waals surface area contributed by atoms with Gasteiger partial charge in [-0.25, -0.2) is 0 Å². The summed E-state index contributed by atoms with van der Waals surface area (Å²) in [6, 6.07) is 18.2. The fourth-order valence-corrected chi connectivity index (χ4v) is 3.18. The highest BCUT2D eigenvalue weighted by atomic mass is 16.5. The predicted octanol–water partition coefficient (Wildman–Crippen LogP) is 5.25. The molecule has 0 aromatic heterocycles. The maximum absolute atomic E-state index is 5.60. The second-order valence-corrected chi connectivity index (χ2v) is 7.13. The first-order chi connectivity index (χ1) is 10.5. The van der Waals surface area contributed by atoms with Crippen LogP contribution in [-0.4, -0.2) is 13.2 Å². The molecule has 0 saturated carbocycles. The standard InChI is InChI=1S/C21H26O/c1-15(2)17-5-9-19(10-6-17)21(13-22-14-21)20-11-7-18(8-12-20)16(3)4/h5-12,15-16H,13-14H2,1-4H3. The smallest absolute Gasteiger partial charge is 0.0669 e. The minimum atomic E-state index is 0.0466. The van der Waals surface area contributed by atoms with Gasteiger partial charge in [0.25, 0.3) is 0 Å². The maximum Gasteiger partial charge on any atom is 0.0669 e. The molecule has 0 amide bonds. The number of hydrogen-bond acceptors (Lipinski definition) is 1. The average molecular weight is 294 g/mol. The molecule has 22 heavy (non-hydrogen) atoms. The van der Waals surface area contributed by atoms with Crippen LogP contribution in [0, 0.1) is 0 Å². The van der Waals surface area contributed by atoms with Crippen LogP contribution in [0.2, 0.25) is 0 Å². The summed E-state index contributed by atoms with van der Waals surface area (Å²) in [7, 11) is 0. The zero-order chi connectivity index (χ0) is 15.7. The van der Waals surface area contributed by atoms with Crippen LogP contribution in [-0.2, 0) is 10.2 Å². The third kappa shape index (κ3) is 2.59. The van der Waals surface area contributed by atoms with E-state index in [-0.39, 0.29) is 5.41 Å². The van der Waals surface area contributed by atoms with Crippen molar-refractivity contribution >= 4 is 0 Å². The SMILES string of the molecule is CC(C)c1ccc(C2(c3ccc(C(C)C)cc3)COC2)cc1. The van der Waals surface area contributed by atoms with E-state index in [0.29, 0.717) is 11.8 Å². The molecule has 0 spiro atoms. The van der Waals surface area contributed by atoms with Gasteiger partial charge in [0.1, 0.15) is 0 Å². The monoisotopic (exact) mass is 294 g/mol. The van der Waals surface area contributed by atoms with E-state index >= 15 is 0 Å². The Labute approximate surface area is 134 Å². The van der Waals surface area contributed by atoms with Crippen LogP contribution in [0.15, 0.2) is 48.5 Å². The van der Waals surface area contributed by atoms with Crippen LogP contribution < -0.4 is 0 Å². The second-order valence-electron chi connectivity index (χ2n) is 7.13. The summed E-state index contributed by atoms with van der Waals surface area (Å²) in [5, 5.41) is 0. The van der Waals surface area contributed by atoms with E-state index in [0.717, 1.165) is 13.2 Å². The van der Waals surface area contributed by atoms with E-state index in [1.54, 1.807) is 0 Å². The fourth-order valence-electron chi connectivity index (χ4n) is 3.18. The molecule has 1 aliphatic heterocycles. The van der Waals surface area contributed by atoms with Crippen molar-refractivity contribution in [3.8, 4) is 0 Å². The summed E-state index contributed by atoms with van der Waals surface area (Å²) in [5.41, 5.74) is 5.59. The van der Waals surface area contributed by atoms with E-state index in [2.05, 4.69) is 76.2 Å². The molecule has 2 aromatic carbocycles. The highest BCUT2D eigenvalue weighted by Crippen LogP contribution is 2.40. The second kappa shape index (κ2) is 5.89. The van der Waals surface area contributed by atoms with Gasteiger partial charge in [0.2, 0.25) is 0 Å². The molecule has 1 nitrogen and oxygen atoms in total. The van der Waals surface area contributed by atoms with Crippen LogP contribution in [0.1, 0.15) is 61.8 Å². The molecule has 0 radical (unpaired) electrons. The van der Waals surface area contributed by atoms with Crippen molar-refractivity contribution in [2.24, 2.45) is 0 Å². The highest BCUT2D eigenvalue weighted by Gasteiger charge is 2.41. The number of benzene rings is 2. The van der Waals surface area contributed by atoms with Gasteiger partial charge in [-0.2, -0.15) is 0 Å². The topological polar surface area (TPSA) is 9.23 Å². The molecule has 3 rings (SSSR count). The molecule has 2 aromatic rings. The largest absolute Gasteiger partial charge is 0.379 e. The lowest BCUT2D eigenvalue weighted by Crippen LogP contribution is -2.47. The molecular weight excluding hydrogens is 268 g/mol. The van der Waals surface area contributed by atoms with Crippen molar-refractivity contribution in [1.29, 1.82) is 0 Å². The first-order valence-corrected chi connectivity index (χ1v) is 8.31. The molecule has 0 bridgehead atoms. The number of ether oxygens (including phenoxy) is 1. The zero-order valence-corrected chi connectivity index (χ0v) is 14.1. The molecule has 0 atom stereocenters. The van der Waals surface area contributed by atoms with Gasteiger partial charge >= 0.3 is 0 Å². The molecule has 1 aliphatic rings. The summed E-state index contributed by atoms with van der Waals surface area (Å²) in [5.74, 6) is 1.15. The highest BCUT2D eigenvalue weighted by molar-refractivity contribution is 5.44. The third-order valence-corrected chi connectivity index (χ3v) is 4.96. The third-order valence-electron chi connectivity index (χ3n) is 4.96. The Bertz CT molecular complexity index is 562. The molecular formula is C21H26O. The van der Waals surface area contributed by atoms with Crippen LogP contribution in [0.25, 0.3) is 0 Å². The summed E-state index contributed by atoms with van der Waals surface area (Å²) < 4.78 is 5.60. The molecule has 0 aliphatic carbocycles. The van der Waals surface area contributed by atoms with Gasteiger partial charge in [-0.3, -0.25) is 0 Å². The first-order valence-electron chi connectivity index (χ1n) is 8.31. The summed E-state index contributed by atoms with van der Waals surface area (Å²) in [6.07, 6.45) is 0. The van der Waals surface area contributed by atoms with Gasteiger partial charge in [-0.15, -0.1) is 0 Å². The molecule has 0 N–H and O–H groups in total. The van der Waals surface area contributed by atoms with E-state index in [1.165, 1.54) is 22.3 Å². The van der Waals surface area contributed by atoms with Crippen LogP contribution in [0.4, 0.5) is 0 Å². The molecule has 1 fully saturated rings.